The van der Waals surface area contributed by atoms with Crippen LogP contribution in [0.5, 0.6) is 17.2 Å². The highest BCUT2D eigenvalue weighted by Gasteiger charge is 2.48. The summed E-state index contributed by atoms with van der Waals surface area (Å²) >= 11 is 0.989. The molecule has 1 saturated heterocycles. The lowest BCUT2D eigenvalue weighted by Crippen LogP contribution is -2.29. The molecule has 1 unspecified atom stereocenters. The molecular formula is C32H28N2O7S. The average Bonchev–Trinajstić information content (AvgIpc) is 3.49. The van der Waals surface area contributed by atoms with Gasteiger partial charge in [-0.25, -0.2) is 4.98 Å². The van der Waals surface area contributed by atoms with Gasteiger partial charge in [0.2, 0.25) is 0 Å². The number of aryl methyl sites for hydroxylation is 2. The van der Waals surface area contributed by atoms with Crippen molar-refractivity contribution in [2.24, 2.45) is 0 Å². The van der Waals surface area contributed by atoms with E-state index < -0.39 is 23.5 Å². The Morgan fingerprint density at radius 1 is 1.05 bits per heavy atom. The van der Waals surface area contributed by atoms with Gasteiger partial charge >= 0.3 is 5.91 Å². The number of aromatic hydroxyl groups is 1. The zero-order valence-electron chi connectivity index (χ0n) is 23.4. The number of ketones is 2. The van der Waals surface area contributed by atoms with Crippen LogP contribution in [0.2, 0.25) is 0 Å². The summed E-state index contributed by atoms with van der Waals surface area (Å²) in [6.07, 6.45) is 0. The minimum atomic E-state index is -1.11. The van der Waals surface area contributed by atoms with E-state index in [4.69, 9.17) is 9.47 Å². The first-order valence-corrected chi connectivity index (χ1v) is 13.9. The van der Waals surface area contributed by atoms with Crippen LogP contribution in [0.1, 0.15) is 50.6 Å². The smallest absolute Gasteiger partial charge is 0.301 e. The maximum atomic E-state index is 13.5. The lowest BCUT2D eigenvalue weighted by Gasteiger charge is -2.23. The highest BCUT2D eigenvalue weighted by molar-refractivity contribution is 7.18. The molecule has 3 aromatic carbocycles. The summed E-state index contributed by atoms with van der Waals surface area (Å²) in [4.78, 5) is 45.0. The summed E-state index contributed by atoms with van der Waals surface area (Å²) in [6.45, 7) is 5.41. The number of hydrogen-bond donors (Lipinski definition) is 2. The topological polar surface area (TPSA) is 126 Å². The third-order valence-electron chi connectivity index (χ3n) is 7.06. The Morgan fingerprint density at radius 2 is 1.76 bits per heavy atom. The summed E-state index contributed by atoms with van der Waals surface area (Å²) in [6, 6.07) is 17.7. The molecule has 214 valence electrons. The molecule has 0 radical (unpaired) electrons. The van der Waals surface area contributed by atoms with Crippen molar-refractivity contribution in [1.82, 2.24) is 4.98 Å². The van der Waals surface area contributed by atoms with E-state index in [1.54, 1.807) is 31.2 Å². The Morgan fingerprint density at radius 3 is 2.40 bits per heavy atom. The molecule has 1 aliphatic rings. The van der Waals surface area contributed by atoms with Gasteiger partial charge in [-0.15, -0.1) is 0 Å². The largest absolute Gasteiger partial charge is 0.507 e. The number of Topliss-reactive ketones (excluding diaryl/α,β-unsaturated/α-hetero) is 2. The van der Waals surface area contributed by atoms with Crippen LogP contribution in [0.3, 0.4) is 0 Å². The van der Waals surface area contributed by atoms with Crippen LogP contribution in [0.25, 0.3) is 5.76 Å². The molecule has 42 heavy (non-hydrogen) atoms. The standard InChI is InChI=1S/C32H28N2O7S/c1-17-7-5-6-8-22(17)16-41-23-12-9-20(10-13-23)28(37)26-27(21-11-14-24(36)25(15-21)40-4)34(31(39)29(26)38)32-33-18(2)30(42-32)19(3)35/h5-15,27,36-37H,16H2,1-4H3. The van der Waals surface area contributed by atoms with E-state index in [9.17, 15) is 24.6 Å². The number of thiazole rings is 1. The molecule has 0 aliphatic carbocycles. The third kappa shape index (κ3) is 5.24. The zero-order chi connectivity index (χ0) is 30.1. The van der Waals surface area contributed by atoms with E-state index in [0.29, 0.717) is 34.1 Å². The number of carbonyl (C=O) groups excluding carboxylic acids is 3. The number of phenolic OH excluding ortho intramolecular Hbond substituents is 1. The lowest BCUT2D eigenvalue weighted by atomic mass is 9.95. The number of aromatic nitrogens is 1. The second-order valence-corrected chi connectivity index (χ2v) is 10.8. The first kappa shape index (κ1) is 28.6. The Kier molecular flexibility index (Phi) is 7.82. The summed E-state index contributed by atoms with van der Waals surface area (Å²) in [5.41, 5.74) is 3.09. The van der Waals surface area contributed by atoms with Gasteiger partial charge in [0, 0.05) is 12.5 Å². The van der Waals surface area contributed by atoms with Crippen LogP contribution in [0.4, 0.5) is 5.13 Å². The number of aliphatic hydroxyl groups excluding tert-OH is 1. The van der Waals surface area contributed by atoms with Crippen LogP contribution in [0, 0.1) is 13.8 Å². The van der Waals surface area contributed by atoms with E-state index >= 15 is 0 Å². The predicted octanol–water partition coefficient (Wildman–Crippen LogP) is 5.88. The number of anilines is 1. The van der Waals surface area contributed by atoms with Crippen molar-refractivity contribution in [3.8, 4) is 17.2 Å². The van der Waals surface area contributed by atoms with E-state index in [-0.39, 0.29) is 28.0 Å². The number of methoxy groups -OCH3 is 1. The fourth-order valence-corrected chi connectivity index (χ4v) is 5.81. The SMILES string of the molecule is COc1cc(C2C(=C(O)c3ccc(OCc4ccccc4C)cc3)C(=O)C(=O)N2c2nc(C)c(C(C)=O)s2)ccc1O. The summed E-state index contributed by atoms with van der Waals surface area (Å²) in [5, 5.41) is 21.8. The van der Waals surface area contributed by atoms with Gasteiger partial charge in [-0.1, -0.05) is 41.7 Å². The highest BCUT2D eigenvalue weighted by Crippen LogP contribution is 2.45. The molecule has 1 aliphatic heterocycles. The van der Waals surface area contributed by atoms with Gasteiger partial charge in [-0.2, -0.15) is 0 Å². The summed E-state index contributed by atoms with van der Waals surface area (Å²) < 4.78 is 11.2. The van der Waals surface area contributed by atoms with Crippen molar-refractivity contribution in [2.45, 2.75) is 33.4 Å². The fourth-order valence-electron chi connectivity index (χ4n) is 4.82. The van der Waals surface area contributed by atoms with Crippen LogP contribution < -0.4 is 14.4 Å². The Labute approximate surface area is 246 Å². The fraction of sp³-hybridized carbons (Fsp3) is 0.188. The monoisotopic (exact) mass is 584 g/mol. The minimum Gasteiger partial charge on any atom is -0.507 e. The number of amides is 1. The van der Waals surface area contributed by atoms with Crippen molar-refractivity contribution in [1.29, 1.82) is 0 Å². The van der Waals surface area contributed by atoms with Crippen LogP contribution in [-0.2, 0) is 16.2 Å². The number of benzene rings is 3. The van der Waals surface area contributed by atoms with E-state index in [1.807, 2.05) is 31.2 Å². The summed E-state index contributed by atoms with van der Waals surface area (Å²) in [7, 11) is 1.38. The molecule has 0 bridgehead atoms. The molecule has 4 aromatic rings. The molecular weight excluding hydrogens is 556 g/mol. The number of carbonyl (C=O) groups is 3. The molecule has 1 aromatic heterocycles. The van der Waals surface area contributed by atoms with Crippen molar-refractivity contribution in [3.05, 3.63) is 105 Å². The Hall–Kier alpha value is -4.96. The van der Waals surface area contributed by atoms with Gasteiger partial charge in [-0.3, -0.25) is 19.3 Å². The van der Waals surface area contributed by atoms with Crippen LogP contribution in [0.15, 0.2) is 72.3 Å². The Balaban J connectivity index is 1.57. The third-order valence-corrected chi connectivity index (χ3v) is 8.32. The molecule has 0 saturated carbocycles. The van der Waals surface area contributed by atoms with E-state index in [2.05, 4.69) is 4.98 Å². The van der Waals surface area contributed by atoms with Gasteiger partial charge in [0.15, 0.2) is 22.4 Å². The number of aliphatic hydroxyl groups is 1. The zero-order valence-corrected chi connectivity index (χ0v) is 24.2. The number of nitrogens with zero attached hydrogens (tertiary/aromatic N) is 2. The highest BCUT2D eigenvalue weighted by atomic mass is 32.1. The molecule has 5 rings (SSSR count). The molecule has 2 heterocycles. The van der Waals surface area contributed by atoms with Gasteiger partial charge in [-0.05, 0) is 66.9 Å². The average molecular weight is 585 g/mol. The molecule has 0 spiro atoms. The molecule has 1 amide bonds. The second-order valence-electron chi connectivity index (χ2n) is 9.81. The molecule has 9 nitrogen and oxygen atoms in total. The van der Waals surface area contributed by atoms with Crippen LogP contribution in [-0.4, -0.2) is 39.8 Å². The Bertz CT molecular complexity index is 1740. The van der Waals surface area contributed by atoms with Gasteiger partial charge < -0.3 is 19.7 Å². The number of phenols is 1. The van der Waals surface area contributed by atoms with Crippen molar-refractivity contribution >= 4 is 39.7 Å². The van der Waals surface area contributed by atoms with E-state index in [0.717, 1.165) is 22.5 Å². The summed E-state index contributed by atoms with van der Waals surface area (Å²) in [5.74, 6) is -1.89. The van der Waals surface area contributed by atoms with Crippen molar-refractivity contribution < 1.29 is 34.1 Å². The minimum absolute atomic E-state index is 0.119. The van der Waals surface area contributed by atoms with Gasteiger partial charge in [0.25, 0.3) is 5.78 Å². The van der Waals surface area contributed by atoms with Gasteiger partial charge in [0.1, 0.15) is 18.1 Å². The molecule has 10 heteroatoms. The van der Waals surface area contributed by atoms with Crippen LogP contribution >= 0.6 is 11.3 Å². The first-order chi connectivity index (χ1) is 20.1. The molecule has 2 N–H and O–H groups in total. The predicted molar refractivity (Wildman–Crippen MR) is 158 cm³/mol. The first-order valence-electron chi connectivity index (χ1n) is 13.0. The number of ether oxygens (including phenoxy) is 2. The molecule has 1 atom stereocenters. The van der Waals surface area contributed by atoms with Crippen molar-refractivity contribution in [2.75, 3.05) is 12.0 Å². The maximum absolute atomic E-state index is 13.5. The normalized spacial score (nSPS) is 16.1. The second kappa shape index (κ2) is 11.5. The number of rotatable bonds is 8. The maximum Gasteiger partial charge on any atom is 0.301 e. The van der Waals surface area contributed by atoms with Crippen molar-refractivity contribution in [3.63, 3.8) is 0 Å². The lowest BCUT2D eigenvalue weighted by molar-refractivity contribution is -0.132. The number of hydrogen-bond acceptors (Lipinski definition) is 9. The molecule has 1 fully saturated rings. The van der Waals surface area contributed by atoms with E-state index in [1.165, 1.54) is 37.1 Å². The van der Waals surface area contributed by atoms with Gasteiger partial charge in [0.05, 0.1) is 29.3 Å². The quantitative estimate of drug-likeness (QED) is 0.114.